The summed E-state index contributed by atoms with van der Waals surface area (Å²) in [6.45, 7) is 5.24. The van der Waals surface area contributed by atoms with Gasteiger partial charge < -0.3 is 9.84 Å². The number of aliphatic hydroxyl groups excluding tert-OH is 1. The van der Waals surface area contributed by atoms with Crippen LogP contribution in [0.2, 0.25) is 0 Å². The molecule has 0 bridgehead atoms. The van der Waals surface area contributed by atoms with E-state index in [0.29, 0.717) is 0 Å². The highest BCUT2D eigenvalue weighted by molar-refractivity contribution is 9.10. The Morgan fingerprint density at radius 3 is 2.95 bits per heavy atom. The van der Waals surface area contributed by atoms with Gasteiger partial charge in [-0.15, -0.1) is 0 Å². The molecule has 2 aliphatic rings. The summed E-state index contributed by atoms with van der Waals surface area (Å²) < 4.78 is 6.91. The predicted octanol–water partition coefficient (Wildman–Crippen LogP) is 4.03. The Morgan fingerprint density at radius 2 is 2.20 bits per heavy atom. The molecule has 0 aromatic heterocycles. The van der Waals surface area contributed by atoms with Crippen LogP contribution in [0, 0.1) is 5.41 Å². The first-order chi connectivity index (χ1) is 9.43. The average molecular weight is 337 g/mol. The quantitative estimate of drug-likeness (QED) is 0.826. The lowest BCUT2D eigenvalue weighted by atomic mass is 9.75. The first-order valence-corrected chi connectivity index (χ1v) is 8.04. The maximum absolute atomic E-state index is 10.0. The summed E-state index contributed by atoms with van der Waals surface area (Å²) >= 11 is 3.59. The fourth-order valence-corrected chi connectivity index (χ4v) is 4.04. The van der Waals surface area contributed by atoms with Crippen molar-refractivity contribution in [1.82, 2.24) is 0 Å². The summed E-state index contributed by atoms with van der Waals surface area (Å²) in [6, 6.07) is 4.30. The topological polar surface area (TPSA) is 29.5 Å². The SMILES string of the molecule is CC1(C)CC(Cc2cc(Br)cc3c2OCC3)=CC(O)C1. The van der Waals surface area contributed by atoms with Crippen LogP contribution in [0.1, 0.15) is 37.8 Å². The van der Waals surface area contributed by atoms with Crippen LogP contribution in [0.15, 0.2) is 28.3 Å². The molecule has 1 N–H and O–H groups in total. The lowest BCUT2D eigenvalue weighted by Gasteiger charge is -2.32. The molecule has 3 heteroatoms. The molecule has 1 aromatic rings. The van der Waals surface area contributed by atoms with Gasteiger partial charge in [0.1, 0.15) is 5.75 Å². The highest BCUT2D eigenvalue weighted by atomic mass is 79.9. The predicted molar refractivity (Wildman–Crippen MR) is 84.1 cm³/mol. The van der Waals surface area contributed by atoms with Crippen molar-refractivity contribution in [3.05, 3.63) is 39.4 Å². The molecule has 1 aliphatic carbocycles. The highest BCUT2D eigenvalue weighted by Gasteiger charge is 2.28. The summed E-state index contributed by atoms with van der Waals surface area (Å²) in [6.07, 6.45) is 5.49. The second kappa shape index (κ2) is 5.19. The Morgan fingerprint density at radius 1 is 1.40 bits per heavy atom. The van der Waals surface area contributed by atoms with Crippen molar-refractivity contribution in [1.29, 1.82) is 0 Å². The first kappa shape index (κ1) is 14.2. The van der Waals surface area contributed by atoms with Crippen LogP contribution < -0.4 is 4.74 Å². The van der Waals surface area contributed by atoms with E-state index < -0.39 is 0 Å². The van der Waals surface area contributed by atoms with Gasteiger partial charge in [-0.25, -0.2) is 0 Å². The van der Waals surface area contributed by atoms with Crippen molar-refractivity contribution in [3.63, 3.8) is 0 Å². The van der Waals surface area contributed by atoms with E-state index >= 15 is 0 Å². The molecule has 1 atom stereocenters. The third kappa shape index (κ3) is 2.94. The molecule has 108 valence electrons. The number of halogens is 1. The van der Waals surface area contributed by atoms with Crippen molar-refractivity contribution in [2.24, 2.45) is 5.41 Å². The van der Waals surface area contributed by atoms with Crippen LogP contribution in [0.5, 0.6) is 5.75 Å². The molecular formula is C17H21BrO2. The average Bonchev–Trinajstić information content (AvgIpc) is 2.73. The highest BCUT2D eigenvalue weighted by Crippen LogP contribution is 2.39. The van der Waals surface area contributed by atoms with Crippen LogP contribution in [0.4, 0.5) is 0 Å². The molecule has 3 rings (SSSR count). The number of fused-ring (bicyclic) bond motifs is 1. The Balaban J connectivity index is 1.89. The summed E-state index contributed by atoms with van der Waals surface area (Å²) in [5, 5.41) is 10.0. The fraction of sp³-hybridized carbons (Fsp3) is 0.529. The van der Waals surface area contributed by atoms with Gasteiger partial charge in [0.05, 0.1) is 12.7 Å². The number of aliphatic hydroxyl groups is 1. The molecule has 2 nitrogen and oxygen atoms in total. The van der Waals surface area contributed by atoms with Gasteiger partial charge in [0, 0.05) is 10.9 Å². The molecular weight excluding hydrogens is 316 g/mol. The van der Waals surface area contributed by atoms with Crippen molar-refractivity contribution < 1.29 is 9.84 Å². The molecule has 0 saturated heterocycles. The molecule has 1 unspecified atom stereocenters. The zero-order valence-corrected chi connectivity index (χ0v) is 13.7. The Bertz CT molecular complexity index is 560. The fourth-order valence-electron chi connectivity index (χ4n) is 3.49. The van der Waals surface area contributed by atoms with E-state index in [4.69, 9.17) is 4.74 Å². The maximum Gasteiger partial charge on any atom is 0.126 e. The summed E-state index contributed by atoms with van der Waals surface area (Å²) in [7, 11) is 0. The van der Waals surface area contributed by atoms with Crippen LogP contribution >= 0.6 is 15.9 Å². The third-order valence-corrected chi connectivity index (χ3v) is 4.60. The van der Waals surface area contributed by atoms with Gasteiger partial charge in [-0.3, -0.25) is 0 Å². The van der Waals surface area contributed by atoms with Gasteiger partial charge in [-0.1, -0.05) is 41.4 Å². The summed E-state index contributed by atoms with van der Waals surface area (Å²) in [4.78, 5) is 0. The molecule has 1 heterocycles. The minimum atomic E-state index is -0.310. The van der Waals surface area contributed by atoms with Crippen LogP contribution in [-0.4, -0.2) is 17.8 Å². The van der Waals surface area contributed by atoms with Gasteiger partial charge in [0.15, 0.2) is 0 Å². The van der Waals surface area contributed by atoms with Crippen molar-refractivity contribution in [2.75, 3.05) is 6.61 Å². The number of benzene rings is 1. The standard InChI is InChI=1S/C17H21BrO2/c1-17(2)9-11(6-15(19)10-17)5-13-8-14(18)7-12-3-4-20-16(12)13/h6-8,15,19H,3-5,9-10H2,1-2H3. The molecule has 0 fully saturated rings. The monoisotopic (exact) mass is 336 g/mol. The molecule has 0 radical (unpaired) electrons. The van der Waals surface area contributed by atoms with E-state index in [-0.39, 0.29) is 11.5 Å². The largest absolute Gasteiger partial charge is 0.493 e. The lowest BCUT2D eigenvalue weighted by molar-refractivity contribution is 0.138. The van der Waals surface area contributed by atoms with Gasteiger partial charge in [-0.2, -0.15) is 0 Å². The van der Waals surface area contributed by atoms with E-state index in [2.05, 4.69) is 41.9 Å². The van der Waals surface area contributed by atoms with E-state index in [1.165, 1.54) is 16.7 Å². The lowest BCUT2D eigenvalue weighted by Crippen LogP contribution is -2.25. The number of rotatable bonds is 2. The molecule has 0 saturated carbocycles. The van der Waals surface area contributed by atoms with Crippen LogP contribution in [-0.2, 0) is 12.8 Å². The van der Waals surface area contributed by atoms with E-state index in [9.17, 15) is 5.11 Å². The normalized spacial score (nSPS) is 24.0. The van der Waals surface area contributed by atoms with E-state index in [1.54, 1.807) is 0 Å². The minimum Gasteiger partial charge on any atom is -0.493 e. The smallest absolute Gasteiger partial charge is 0.126 e. The third-order valence-electron chi connectivity index (χ3n) is 4.14. The second-order valence-electron chi connectivity index (χ2n) is 6.77. The molecule has 1 aliphatic heterocycles. The first-order valence-electron chi connectivity index (χ1n) is 7.25. The zero-order valence-electron chi connectivity index (χ0n) is 12.1. The van der Waals surface area contributed by atoms with Crippen molar-refractivity contribution in [2.45, 2.75) is 45.6 Å². The summed E-state index contributed by atoms with van der Waals surface area (Å²) in [5.74, 6) is 1.06. The Kier molecular flexibility index (Phi) is 3.67. The molecule has 0 amide bonds. The molecule has 0 spiro atoms. The second-order valence-corrected chi connectivity index (χ2v) is 7.68. The number of hydrogen-bond acceptors (Lipinski definition) is 2. The van der Waals surface area contributed by atoms with Crippen molar-refractivity contribution in [3.8, 4) is 5.75 Å². The van der Waals surface area contributed by atoms with E-state index in [0.717, 1.165) is 42.5 Å². The maximum atomic E-state index is 10.0. The van der Waals surface area contributed by atoms with Gasteiger partial charge in [0.25, 0.3) is 0 Å². The Hall–Kier alpha value is -0.800. The van der Waals surface area contributed by atoms with Gasteiger partial charge >= 0.3 is 0 Å². The molecule has 1 aromatic carbocycles. The Labute approximate surface area is 129 Å². The van der Waals surface area contributed by atoms with Gasteiger partial charge in [0.2, 0.25) is 0 Å². The number of allylic oxidation sites excluding steroid dienone is 1. The van der Waals surface area contributed by atoms with E-state index in [1.807, 2.05) is 6.08 Å². The van der Waals surface area contributed by atoms with Gasteiger partial charge in [-0.05, 0) is 47.9 Å². The van der Waals surface area contributed by atoms with Crippen molar-refractivity contribution >= 4 is 15.9 Å². The van der Waals surface area contributed by atoms with Crippen LogP contribution in [0.25, 0.3) is 0 Å². The molecule has 20 heavy (non-hydrogen) atoms. The minimum absolute atomic E-state index is 0.180. The zero-order chi connectivity index (χ0) is 14.3. The number of hydrogen-bond donors (Lipinski definition) is 1. The number of ether oxygens (including phenoxy) is 1. The summed E-state index contributed by atoms with van der Waals surface area (Å²) in [5.41, 5.74) is 4.04. The van der Waals surface area contributed by atoms with Crippen LogP contribution in [0.3, 0.4) is 0 Å².